The zero-order valence-electron chi connectivity index (χ0n) is 15.4. The van der Waals surface area contributed by atoms with Crippen LogP contribution in [-0.4, -0.2) is 68.7 Å². The number of imide groups is 1. The highest BCUT2D eigenvalue weighted by Gasteiger charge is 2.22. The molecule has 1 heterocycles. The highest BCUT2D eigenvalue weighted by molar-refractivity contribution is 6.12. The third-order valence-corrected chi connectivity index (χ3v) is 3.36. The van der Waals surface area contributed by atoms with Crippen molar-refractivity contribution in [3.8, 4) is 0 Å². The third-order valence-electron chi connectivity index (χ3n) is 3.36. The van der Waals surface area contributed by atoms with Crippen molar-refractivity contribution < 1.29 is 28.6 Å². The van der Waals surface area contributed by atoms with Crippen LogP contribution in [0.25, 0.3) is 0 Å². The van der Waals surface area contributed by atoms with E-state index in [4.69, 9.17) is 14.2 Å². The Bertz CT molecular complexity index is 462. The lowest BCUT2D eigenvalue weighted by molar-refractivity contribution is -0.137. The van der Waals surface area contributed by atoms with Gasteiger partial charge >= 0.3 is 0 Å². The molecule has 0 unspecified atom stereocenters. The van der Waals surface area contributed by atoms with Crippen LogP contribution in [0.4, 0.5) is 0 Å². The van der Waals surface area contributed by atoms with E-state index in [-0.39, 0.29) is 36.2 Å². The second-order valence-corrected chi connectivity index (χ2v) is 7.02. The fourth-order valence-electron chi connectivity index (χ4n) is 2.22. The van der Waals surface area contributed by atoms with Crippen LogP contribution in [0.1, 0.15) is 33.6 Å². The molecular weight excluding hydrogens is 326 g/mol. The number of hydrogen-bond acceptors (Lipinski definition) is 6. The number of rotatable bonds is 13. The minimum absolute atomic E-state index is 0.0199. The molecule has 7 nitrogen and oxygen atoms in total. The van der Waals surface area contributed by atoms with Gasteiger partial charge in [0.25, 0.3) is 11.8 Å². The number of carbonyl (C=O) groups is 3. The zero-order valence-corrected chi connectivity index (χ0v) is 15.4. The molecule has 1 aliphatic heterocycles. The first kappa shape index (κ1) is 21.5. The Morgan fingerprint density at radius 2 is 1.36 bits per heavy atom. The first-order chi connectivity index (χ1) is 11.8. The number of ether oxygens (including phenoxy) is 3. The van der Waals surface area contributed by atoms with Crippen molar-refractivity contribution in [1.29, 1.82) is 0 Å². The monoisotopic (exact) mass is 355 g/mol. The molecule has 1 rings (SSSR count). The van der Waals surface area contributed by atoms with E-state index >= 15 is 0 Å². The molecule has 142 valence electrons. The fourth-order valence-corrected chi connectivity index (χ4v) is 2.22. The standard InChI is InChI=1S/C18H29NO6/c1-18(2,3)14-15(20)6-8-23-10-12-25-13-11-24-9-7-19-16(21)4-5-17(19)22/h4-5H,6-14H2,1-3H3. The number of ketones is 1. The van der Waals surface area contributed by atoms with Crippen molar-refractivity contribution in [2.75, 3.05) is 46.2 Å². The summed E-state index contributed by atoms with van der Waals surface area (Å²) in [4.78, 5) is 35.4. The van der Waals surface area contributed by atoms with Gasteiger partial charge in [-0.2, -0.15) is 0 Å². The second-order valence-electron chi connectivity index (χ2n) is 7.02. The van der Waals surface area contributed by atoms with Gasteiger partial charge in [-0.25, -0.2) is 0 Å². The number of Topliss-reactive ketones (excluding diaryl/α,β-unsaturated/α-hetero) is 1. The fraction of sp³-hybridized carbons (Fsp3) is 0.722. The van der Waals surface area contributed by atoms with Gasteiger partial charge in [0.1, 0.15) is 5.78 Å². The Kier molecular flexibility index (Phi) is 9.55. The van der Waals surface area contributed by atoms with Gasteiger partial charge in [-0.15, -0.1) is 0 Å². The van der Waals surface area contributed by atoms with Crippen LogP contribution < -0.4 is 0 Å². The molecular formula is C18H29NO6. The van der Waals surface area contributed by atoms with Gasteiger partial charge in [0.15, 0.2) is 0 Å². The summed E-state index contributed by atoms with van der Waals surface area (Å²) in [5.41, 5.74) is 0.0199. The van der Waals surface area contributed by atoms with Crippen molar-refractivity contribution in [3.63, 3.8) is 0 Å². The van der Waals surface area contributed by atoms with Crippen LogP contribution in [-0.2, 0) is 28.6 Å². The molecule has 0 aromatic carbocycles. The summed E-state index contributed by atoms with van der Waals surface area (Å²) >= 11 is 0. The summed E-state index contributed by atoms with van der Waals surface area (Å²) in [6, 6.07) is 0. The predicted octanol–water partition coefficient (Wildman–Crippen LogP) is 1.36. The molecule has 1 aliphatic rings. The maximum atomic E-state index is 11.7. The lowest BCUT2D eigenvalue weighted by Gasteiger charge is -2.16. The van der Waals surface area contributed by atoms with E-state index in [1.807, 2.05) is 20.8 Å². The average Bonchev–Trinajstić information content (AvgIpc) is 2.82. The van der Waals surface area contributed by atoms with Crippen LogP contribution in [0.3, 0.4) is 0 Å². The molecule has 0 bridgehead atoms. The maximum Gasteiger partial charge on any atom is 0.253 e. The zero-order chi connectivity index (χ0) is 18.7. The Hall–Kier alpha value is -1.57. The molecule has 0 saturated carbocycles. The lowest BCUT2D eigenvalue weighted by Crippen LogP contribution is -2.33. The molecule has 7 heteroatoms. The van der Waals surface area contributed by atoms with Crippen LogP contribution in [0.2, 0.25) is 0 Å². The van der Waals surface area contributed by atoms with Gasteiger partial charge in [-0.05, 0) is 5.41 Å². The van der Waals surface area contributed by atoms with Crippen molar-refractivity contribution in [2.24, 2.45) is 5.41 Å². The van der Waals surface area contributed by atoms with Crippen molar-refractivity contribution >= 4 is 17.6 Å². The molecule has 25 heavy (non-hydrogen) atoms. The van der Waals surface area contributed by atoms with Gasteiger partial charge in [-0.3, -0.25) is 19.3 Å². The van der Waals surface area contributed by atoms with Crippen LogP contribution >= 0.6 is 0 Å². The molecule has 0 aromatic rings. The van der Waals surface area contributed by atoms with E-state index in [0.29, 0.717) is 45.9 Å². The molecule has 0 atom stereocenters. The van der Waals surface area contributed by atoms with E-state index in [0.717, 1.165) is 4.90 Å². The predicted molar refractivity (Wildman–Crippen MR) is 92.0 cm³/mol. The van der Waals surface area contributed by atoms with E-state index in [2.05, 4.69) is 0 Å². The third kappa shape index (κ3) is 10.1. The molecule has 0 N–H and O–H groups in total. The van der Waals surface area contributed by atoms with Gasteiger partial charge in [0.2, 0.25) is 0 Å². The summed E-state index contributed by atoms with van der Waals surface area (Å²) < 4.78 is 16.0. The highest BCUT2D eigenvalue weighted by atomic mass is 16.5. The SMILES string of the molecule is CC(C)(C)CC(=O)CCOCCOCCOCCN1C(=O)C=CC1=O. The summed E-state index contributed by atoms with van der Waals surface area (Å²) in [7, 11) is 0. The molecule has 0 aromatic heterocycles. The van der Waals surface area contributed by atoms with Gasteiger partial charge in [0, 0.05) is 25.0 Å². The van der Waals surface area contributed by atoms with Crippen LogP contribution in [0, 0.1) is 5.41 Å². The molecule has 0 aliphatic carbocycles. The molecule has 0 spiro atoms. The van der Waals surface area contributed by atoms with Crippen LogP contribution in [0.15, 0.2) is 12.2 Å². The average molecular weight is 355 g/mol. The van der Waals surface area contributed by atoms with Crippen molar-refractivity contribution in [1.82, 2.24) is 4.90 Å². The molecule has 0 fully saturated rings. The van der Waals surface area contributed by atoms with E-state index in [1.54, 1.807) is 0 Å². The lowest BCUT2D eigenvalue weighted by atomic mass is 9.89. The Morgan fingerprint density at radius 1 is 0.880 bits per heavy atom. The summed E-state index contributed by atoms with van der Waals surface area (Å²) in [5.74, 6) is -0.391. The smallest absolute Gasteiger partial charge is 0.253 e. The first-order valence-electron chi connectivity index (χ1n) is 8.58. The highest BCUT2D eigenvalue weighted by Crippen LogP contribution is 2.19. The van der Waals surface area contributed by atoms with E-state index in [9.17, 15) is 14.4 Å². The van der Waals surface area contributed by atoms with Crippen molar-refractivity contribution in [3.05, 3.63) is 12.2 Å². The summed E-state index contributed by atoms with van der Waals surface area (Å²) in [5, 5.41) is 0. The number of amides is 2. The molecule has 0 radical (unpaired) electrons. The Balaban J connectivity index is 1.85. The maximum absolute atomic E-state index is 11.7. The second kappa shape index (κ2) is 11.1. The minimum Gasteiger partial charge on any atom is -0.379 e. The number of carbonyl (C=O) groups excluding carboxylic acids is 3. The normalized spacial score (nSPS) is 14.6. The summed E-state index contributed by atoms with van der Waals surface area (Å²) in [6.45, 7) is 8.74. The van der Waals surface area contributed by atoms with E-state index in [1.165, 1.54) is 12.2 Å². The first-order valence-corrected chi connectivity index (χ1v) is 8.58. The summed E-state index contributed by atoms with van der Waals surface area (Å²) in [6.07, 6.45) is 3.50. The van der Waals surface area contributed by atoms with Gasteiger partial charge in [-0.1, -0.05) is 20.8 Å². The molecule has 0 saturated heterocycles. The van der Waals surface area contributed by atoms with Crippen molar-refractivity contribution in [2.45, 2.75) is 33.6 Å². The minimum atomic E-state index is -0.303. The number of nitrogens with zero attached hydrogens (tertiary/aromatic N) is 1. The number of hydrogen-bond donors (Lipinski definition) is 0. The molecule has 2 amide bonds. The van der Waals surface area contributed by atoms with E-state index < -0.39 is 0 Å². The quantitative estimate of drug-likeness (QED) is 0.366. The largest absolute Gasteiger partial charge is 0.379 e. The topological polar surface area (TPSA) is 82.1 Å². The van der Waals surface area contributed by atoms with Gasteiger partial charge in [0.05, 0.1) is 46.2 Å². The van der Waals surface area contributed by atoms with Gasteiger partial charge < -0.3 is 14.2 Å². The van der Waals surface area contributed by atoms with Crippen LogP contribution in [0.5, 0.6) is 0 Å². The Morgan fingerprint density at radius 3 is 1.88 bits per heavy atom. The Labute approximate surface area is 149 Å².